The first kappa shape index (κ1) is 17.7. The third kappa shape index (κ3) is 3.83. The number of benzene rings is 1. The Kier molecular flexibility index (Phi) is 5.76. The van der Waals surface area contributed by atoms with Gasteiger partial charge in [-0.3, -0.25) is 0 Å². The SMILES string of the molecule is C=C(F)/C=C(F)\C(=C/C)c1ncn(Cc2ccccc2F)c1CN. The van der Waals surface area contributed by atoms with Gasteiger partial charge in [0, 0.05) is 23.8 Å². The maximum atomic E-state index is 14.2. The van der Waals surface area contributed by atoms with Crippen LogP contribution < -0.4 is 5.73 Å². The van der Waals surface area contributed by atoms with Gasteiger partial charge in [0.2, 0.25) is 0 Å². The van der Waals surface area contributed by atoms with Gasteiger partial charge in [0.25, 0.3) is 0 Å². The molecule has 0 aliphatic rings. The monoisotopic (exact) mass is 333 g/mol. The van der Waals surface area contributed by atoms with Crippen molar-refractivity contribution < 1.29 is 13.2 Å². The lowest BCUT2D eigenvalue weighted by atomic mass is 10.1. The van der Waals surface area contributed by atoms with E-state index in [0.29, 0.717) is 23.0 Å². The van der Waals surface area contributed by atoms with E-state index in [-0.39, 0.29) is 24.5 Å². The maximum Gasteiger partial charge on any atom is 0.135 e. The minimum atomic E-state index is -0.896. The number of aromatic nitrogens is 2. The van der Waals surface area contributed by atoms with E-state index in [1.54, 1.807) is 29.7 Å². The normalized spacial score (nSPS) is 12.5. The fraction of sp³-hybridized carbons (Fsp3) is 0.167. The molecule has 1 aromatic heterocycles. The molecular weight excluding hydrogens is 315 g/mol. The van der Waals surface area contributed by atoms with Crippen molar-refractivity contribution in [3.63, 3.8) is 0 Å². The highest BCUT2D eigenvalue weighted by atomic mass is 19.1. The molecule has 0 aliphatic carbocycles. The standard InChI is InChI=1S/C18H18F3N3/c1-3-14(16(21)8-12(2)19)18-17(9-22)24(11-23-18)10-13-6-4-5-7-15(13)20/h3-8,11H,2,9-10,22H2,1H3/b14-3+,16-8+. The van der Waals surface area contributed by atoms with Gasteiger partial charge in [-0.05, 0) is 13.0 Å². The molecule has 0 radical (unpaired) electrons. The molecule has 0 saturated heterocycles. The van der Waals surface area contributed by atoms with E-state index in [0.717, 1.165) is 0 Å². The molecule has 6 heteroatoms. The molecule has 126 valence electrons. The summed E-state index contributed by atoms with van der Waals surface area (Å²) in [5.41, 5.74) is 7.17. The Bertz CT molecular complexity index is 804. The summed E-state index contributed by atoms with van der Waals surface area (Å²) in [4.78, 5) is 4.17. The Morgan fingerprint density at radius 2 is 2.04 bits per heavy atom. The van der Waals surface area contributed by atoms with E-state index in [1.807, 2.05) is 0 Å². The Balaban J connectivity index is 2.42. The Hall–Kier alpha value is -2.60. The zero-order valence-corrected chi connectivity index (χ0v) is 13.3. The highest BCUT2D eigenvalue weighted by molar-refractivity contribution is 5.76. The lowest BCUT2D eigenvalue weighted by molar-refractivity contribution is 0.595. The number of halogens is 3. The lowest BCUT2D eigenvalue weighted by Gasteiger charge is -2.10. The van der Waals surface area contributed by atoms with Gasteiger partial charge in [-0.1, -0.05) is 30.9 Å². The van der Waals surface area contributed by atoms with Gasteiger partial charge in [-0.2, -0.15) is 0 Å². The smallest absolute Gasteiger partial charge is 0.135 e. The van der Waals surface area contributed by atoms with Crippen molar-refractivity contribution >= 4 is 5.57 Å². The largest absolute Gasteiger partial charge is 0.328 e. The summed E-state index contributed by atoms with van der Waals surface area (Å²) in [5.74, 6) is -2.04. The molecule has 0 bridgehead atoms. The first-order valence-electron chi connectivity index (χ1n) is 7.34. The Morgan fingerprint density at radius 3 is 2.62 bits per heavy atom. The van der Waals surface area contributed by atoms with Crippen molar-refractivity contribution in [1.29, 1.82) is 0 Å². The van der Waals surface area contributed by atoms with Crippen LogP contribution in [-0.2, 0) is 13.1 Å². The number of allylic oxidation sites excluding steroid dienone is 5. The molecule has 0 atom stereocenters. The molecule has 0 spiro atoms. The number of nitrogens with two attached hydrogens (primary N) is 1. The predicted molar refractivity (Wildman–Crippen MR) is 88.7 cm³/mol. The molecule has 2 rings (SSSR count). The minimum absolute atomic E-state index is 0.0744. The van der Waals surface area contributed by atoms with Crippen LogP contribution in [0.4, 0.5) is 13.2 Å². The molecule has 1 heterocycles. The van der Waals surface area contributed by atoms with Gasteiger partial charge in [-0.25, -0.2) is 18.2 Å². The van der Waals surface area contributed by atoms with Gasteiger partial charge < -0.3 is 10.3 Å². The van der Waals surface area contributed by atoms with Crippen LogP contribution in [-0.4, -0.2) is 9.55 Å². The molecule has 1 aromatic carbocycles. The number of nitrogens with zero attached hydrogens (tertiary/aromatic N) is 2. The fourth-order valence-corrected chi connectivity index (χ4v) is 2.40. The lowest BCUT2D eigenvalue weighted by Crippen LogP contribution is -2.10. The van der Waals surface area contributed by atoms with Crippen LogP contribution in [0.1, 0.15) is 23.9 Å². The van der Waals surface area contributed by atoms with Crippen LogP contribution in [0.15, 0.2) is 61.0 Å². The van der Waals surface area contributed by atoms with Gasteiger partial charge in [-0.15, -0.1) is 0 Å². The molecule has 3 nitrogen and oxygen atoms in total. The third-order valence-corrected chi connectivity index (χ3v) is 3.52. The number of hydrogen-bond acceptors (Lipinski definition) is 2. The van der Waals surface area contributed by atoms with E-state index in [2.05, 4.69) is 11.6 Å². The van der Waals surface area contributed by atoms with Gasteiger partial charge in [0.05, 0.1) is 24.3 Å². The van der Waals surface area contributed by atoms with Crippen LogP contribution in [0.3, 0.4) is 0 Å². The van der Waals surface area contributed by atoms with Crippen LogP contribution in [0.2, 0.25) is 0 Å². The fourth-order valence-electron chi connectivity index (χ4n) is 2.40. The summed E-state index contributed by atoms with van der Waals surface area (Å²) in [6.45, 7) is 4.91. The van der Waals surface area contributed by atoms with Crippen molar-refractivity contribution in [2.45, 2.75) is 20.0 Å². The first-order chi connectivity index (χ1) is 11.5. The van der Waals surface area contributed by atoms with Gasteiger partial charge >= 0.3 is 0 Å². The second-order valence-corrected chi connectivity index (χ2v) is 5.10. The molecule has 0 amide bonds. The van der Waals surface area contributed by atoms with E-state index in [4.69, 9.17) is 5.73 Å². The number of hydrogen-bond donors (Lipinski definition) is 1. The van der Waals surface area contributed by atoms with Crippen molar-refractivity contribution in [2.24, 2.45) is 5.73 Å². The van der Waals surface area contributed by atoms with Crippen molar-refractivity contribution in [1.82, 2.24) is 9.55 Å². The molecular formula is C18H18F3N3. The maximum absolute atomic E-state index is 14.2. The van der Waals surface area contributed by atoms with Crippen LogP contribution in [0.25, 0.3) is 5.57 Å². The number of imidazole rings is 1. The average Bonchev–Trinajstić information content (AvgIpc) is 2.92. The molecule has 0 saturated carbocycles. The second kappa shape index (κ2) is 7.79. The molecule has 0 aliphatic heterocycles. The minimum Gasteiger partial charge on any atom is -0.328 e. The highest BCUT2D eigenvalue weighted by Crippen LogP contribution is 2.27. The van der Waals surface area contributed by atoms with E-state index in [9.17, 15) is 13.2 Å². The molecule has 0 unspecified atom stereocenters. The summed E-state index contributed by atoms with van der Waals surface area (Å²) >= 11 is 0. The summed E-state index contributed by atoms with van der Waals surface area (Å²) in [5, 5.41) is 0. The summed E-state index contributed by atoms with van der Waals surface area (Å²) < 4.78 is 42.5. The quantitative estimate of drug-likeness (QED) is 0.802. The van der Waals surface area contributed by atoms with Gasteiger partial charge in [0.15, 0.2) is 0 Å². The van der Waals surface area contributed by atoms with Gasteiger partial charge in [0.1, 0.15) is 17.5 Å². The van der Waals surface area contributed by atoms with E-state index < -0.39 is 11.7 Å². The van der Waals surface area contributed by atoms with E-state index >= 15 is 0 Å². The second-order valence-electron chi connectivity index (χ2n) is 5.10. The molecule has 24 heavy (non-hydrogen) atoms. The van der Waals surface area contributed by atoms with Crippen LogP contribution in [0.5, 0.6) is 0 Å². The first-order valence-corrected chi connectivity index (χ1v) is 7.34. The third-order valence-electron chi connectivity index (χ3n) is 3.52. The Labute approximate surface area is 138 Å². The predicted octanol–water partition coefficient (Wildman–Crippen LogP) is 4.27. The Morgan fingerprint density at radius 1 is 1.33 bits per heavy atom. The average molecular weight is 333 g/mol. The highest BCUT2D eigenvalue weighted by Gasteiger charge is 2.17. The van der Waals surface area contributed by atoms with Crippen molar-refractivity contribution in [3.05, 3.63) is 83.7 Å². The van der Waals surface area contributed by atoms with Crippen LogP contribution in [0, 0.1) is 5.82 Å². The van der Waals surface area contributed by atoms with E-state index in [1.165, 1.54) is 18.5 Å². The number of rotatable bonds is 6. The summed E-state index contributed by atoms with van der Waals surface area (Å²) in [7, 11) is 0. The molecule has 0 fully saturated rings. The molecule has 2 N–H and O–H groups in total. The summed E-state index contributed by atoms with van der Waals surface area (Å²) in [6.07, 6.45) is 3.63. The van der Waals surface area contributed by atoms with Crippen molar-refractivity contribution in [2.75, 3.05) is 0 Å². The van der Waals surface area contributed by atoms with Crippen molar-refractivity contribution in [3.8, 4) is 0 Å². The van der Waals surface area contributed by atoms with Crippen LogP contribution >= 0.6 is 0 Å². The zero-order valence-electron chi connectivity index (χ0n) is 13.3. The molecule has 2 aromatic rings. The topological polar surface area (TPSA) is 43.8 Å². The summed E-state index contributed by atoms with van der Waals surface area (Å²) in [6, 6.07) is 6.34. The zero-order chi connectivity index (χ0) is 17.7.